The molecule has 0 aliphatic rings. The molecule has 0 amide bonds. The van der Waals surface area contributed by atoms with E-state index in [-0.39, 0.29) is 11.5 Å². The van der Waals surface area contributed by atoms with Gasteiger partial charge in [0.05, 0.1) is 5.69 Å². The number of nitrogen functional groups attached to an aromatic ring is 1. The molecule has 0 aliphatic carbocycles. The first-order chi connectivity index (χ1) is 7.66. The first-order valence-corrected chi connectivity index (χ1v) is 4.94. The molecule has 0 fully saturated rings. The number of benzene rings is 2. The molecule has 1 nitrogen and oxygen atoms in total. The minimum atomic E-state index is -0.417. The number of hydrogen-bond donors (Lipinski definition) is 1. The van der Waals surface area contributed by atoms with Gasteiger partial charge in [0.15, 0.2) is 0 Å². The van der Waals surface area contributed by atoms with Crippen LogP contribution in [0.5, 0.6) is 0 Å². The molecule has 2 aromatic carbocycles. The van der Waals surface area contributed by atoms with E-state index in [1.165, 1.54) is 18.2 Å². The zero-order valence-electron chi connectivity index (χ0n) is 8.58. The van der Waals surface area contributed by atoms with E-state index >= 15 is 0 Å². The van der Waals surface area contributed by atoms with Crippen LogP contribution in [-0.4, -0.2) is 0 Å². The lowest BCUT2D eigenvalue weighted by molar-refractivity contribution is 0.626. The first kappa shape index (κ1) is 10.6. The fourth-order valence-corrected chi connectivity index (χ4v) is 1.56. The second kappa shape index (κ2) is 4.31. The van der Waals surface area contributed by atoms with Crippen LogP contribution in [0.15, 0.2) is 42.5 Å². The average Bonchev–Trinajstić information content (AvgIpc) is 2.28. The van der Waals surface area contributed by atoms with Crippen LogP contribution in [0, 0.1) is 11.6 Å². The van der Waals surface area contributed by atoms with Crippen LogP contribution in [0.4, 0.5) is 14.5 Å². The first-order valence-electron chi connectivity index (χ1n) is 4.94. The van der Waals surface area contributed by atoms with Gasteiger partial charge in [-0.15, -0.1) is 0 Å². The summed E-state index contributed by atoms with van der Waals surface area (Å²) in [4.78, 5) is 0. The summed E-state index contributed by atoms with van der Waals surface area (Å²) < 4.78 is 25.8. The lowest BCUT2D eigenvalue weighted by Gasteiger charge is -2.06. The van der Waals surface area contributed by atoms with Crippen molar-refractivity contribution >= 4 is 5.69 Å². The topological polar surface area (TPSA) is 26.0 Å². The molecular weight excluding hydrogens is 208 g/mol. The minimum absolute atomic E-state index is 0.159. The van der Waals surface area contributed by atoms with Crippen LogP contribution < -0.4 is 5.73 Å². The molecule has 0 radical (unpaired) electrons. The van der Waals surface area contributed by atoms with E-state index in [1.807, 2.05) is 0 Å². The standard InChI is InChI=1S/C13H11F2N/c14-11-6-4-9(5-7-11)8-10-2-1-3-12(15)13(10)16/h1-7H,8,16H2. The van der Waals surface area contributed by atoms with Gasteiger partial charge in [-0.1, -0.05) is 24.3 Å². The van der Waals surface area contributed by atoms with Crippen molar-refractivity contribution in [2.75, 3.05) is 5.73 Å². The van der Waals surface area contributed by atoms with Gasteiger partial charge in [-0.2, -0.15) is 0 Å². The molecule has 2 rings (SSSR count). The molecule has 0 unspecified atom stereocenters. The summed E-state index contributed by atoms with van der Waals surface area (Å²) >= 11 is 0. The molecule has 0 spiro atoms. The number of anilines is 1. The maximum atomic E-state index is 13.2. The summed E-state index contributed by atoms with van der Waals surface area (Å²) in [6.07, 6.45) is 0.504. The van der Waals surface area contributed by atoms with Gasteiger partial charge in [-0.05, 0) is 35.7 Å². The van der Waals surface area contributed by atoms with E-state index in [0.717, 1.165) is 5.56 Å². The Kier molecular flexibility index (Phi) is 2.86. The maximum absolute atomic E-state index is 13.2. The zero-order valence-corrected chi connectivity index (χ0v) is 8.58. The van der Waals surface area contributed by atoms with Gasteiger partial charge < -0.3 is 5.73 Å². The predicted octanol–water partition coefficient (Wildman–Crippen LogP) is 3.14. The minimum Gasteiger partial charge on any atom is -0.396 e. The highest BCUT2D eigenvalue weighted by molar-refractivity contribution is 5.49. The average molecular weight is 219 g/mol. The third-order valence-electron chi connectivity index (χ3n) is 2.45. The third-order valence-corrected chi connectivity index (χ3v) is 2.45. The smallest absolute Gasteiger partial charge is 0.146 e. The highest BCUT2D eigenvalue weighted by Gasteiger charge is 2.05. The Morgan fingerprint density at radius 1 is 0.938 bits per heavy atom. The number of nitrogens with two attached hydrogens (primary N) is 1. The van der Waals surface area contributed by atoms with Crippen LogP contribution in [0.25, 0.3) is 0 Å². The van der Waals surface area contributed by atoms with Crippen molar-refractivity contribution < 1.29 is 8.78 Å². The Hall–Kier alpha value is -1.90. The number of para-hydroxylation sites is 1. The van der Waals surface area contributed by atoms with Crippen molar-refractivity contribution in [3.05, 3.63) is 65.2 Å². The Morgan fingerprint density at radius 2 is 1.62 bits per heavy atom. The predicted molar refractivity (Wildman–Crippen MR) is 60.0 cm³/mol. The van der Waals surface area contributed by atoms with Gasteiger partial charge >= 0.3 is 0 Å². The highest BCUT2D eigenvalue weighted by Crippen LogP contribution is 2.19. The van der Waals surface area contributed by atoms with Gasteiger partial charge in [-0.3, -0.25) is 0 Å². The Morgan fingerprint density at radius 3 is 2.31 bits per heavy atom. The molecule has 2 aromatic rings. The number of rotatable bonds is 2. The van der Waals surface area contributed by atoms with E-state index in [1.54, 1.807) is 24.3 Å². The Balaban J connectivity index is 2.27. The van der Waals surface area contributed by atoms with Crippen molar-refractivity contribution in [2.24, 2.45) is 0 Å². The van der Waals surface area contributed by atoms with Crippen LogP contribution in [-0.2, 0) is 6.42 Å². The van der Waals surface area contributed by atoms with Crippen molar-refractivity contribution in [3.8, 4) is 0 Å². The van der Waals surface area contributed by atoms with E-state index in [0.29, 0.717) is 12.0 Å². The molecule has 16 heavy (non-hydrogen) atoms. The van der Waals surface area contributed by atoms with Crippen LogP contribution in [0.2, 0.25) is 0 Å². The van der Waals surface area contributed by atoms with E-state index < -0.39 is 5.82 Å². The highest BCUT2D eigenvalue weighted by atomic mass is 19.1. The molecule has 0 heterocycles. The van der Waals surface area contributed by atoms with Gasteiger partial charge in [0.2, 0.25) is 0 Å². The summed E-state index contributed by atoms with van der Waals surface area (Å²) in [5.74, 6) is -0.699. The van der Waals surface area contributed by atoms with Crippen molar-refractivity contribution in [3.63, 3.8) is 0 Å². The Labute approximate surface area is 92.5 Å². The summed E-state index contributed by atoms with van der Waals surface area (Å²) in [5.41, 5.74) is 7.39. The fraction of sp³-hybridized carbons (Fsp3) is 0.0769. The van der Waals surface area contributed by atoms with E-state index in [4.69, 9.17) is 5.73 Å². The van der Waals surface area contributed by atoms with Crippen molar-refractivity contribution in [1.82, 2.24) is 0 Å². The summed E-state index contributed by atoms with van der Waals surface area (Å²) in [6.45, 7) is 0. The monoisotopic (exact) mass is 219 g/mol. The summed E-state index contributed by atoms with van der Waals surface area (Å²) in [7, 11) is 0. The molecule has 0 atom stereocenters. The van der Waals surface area contributed by atoms with E-state index in [9.17, 15) is 8.78 Å². The number of halogens is 2. The zero-order chi connectivity index (χ0) is 11.5. The molecule has 0 aliphatic heterocycles. The SMILES string of the molecule is Nc1c(F)cccc1Cc1ccc(F)cc1. The van der Waals surface area contributed by atoms with E-state index in [2.05, 4.69) is 0 Å². The molecular formula is C13H11F2N. The molecule has 0 aromatic heterocycles. The molecule has 82 valence electrons. The molecule has 0 bridgehead atoms. The van der Waals surface area contributed by atoms with Gasteiger partial charge in [0, 0.05) is 0 Å². The second-order valence-corrected chi connectivity index (χ2v) is 3.62. The largest absolute Gasteiger partial charge is 0.396 e. The van der Waals surface area contributed by atoms with Crippen LogP contribution in [0.3, 0.4) is 0 Å². The Bertz CT molecular complexity index is 492. The number of hydrogen-bond acceptors (Lipinski definition) is 1. The van der Waals surface area contributed by atoms with Crippen molar-refractivity contribution in [2.45, 2.75) is 6.42 Å². The normalized spacial score (nSPS) is 10.4. The maximum Gasteiger partial charge on any atom is 0.146 e. The molecule has 3 heteroatoms. The van der Waals surface area contributed by atoms with Gasteiger partial charge in [-0.25, -0.2) is 8.78 Å². The molecule has 0 saturated heterocycles. The summed E-state index contributed by atoms with van der Waals surface area (Å²) in [5, 5.41) is 0. The van der Waals surface area contributed by atoms with Gasteiger partial charge in [0.1, 0.15) is 11.6 Å². The van der Waals surface area contributed by atoms with Crippen LogP contribution in [0.1, 0.15) is 11.1 Å². The molecule has 2 N–H and O–H groups in total. The molecule has 0 saturated carbocycles. The lowest BCUT2D eigenvalue weighted by atomic mass is 10.0. The second-order valence-electron chi connectivity index (χ2n) is 3.62. The van der Waals surface area contributed by atoms with Crippen molar-refractivity contribution in [1.29, 1.82) is 0 Å². The fourth-order valence-electron chi connectivity index (χ4n) is 1.56. The van der Waals surface area contributed by atoms with Crippen LogP contribution >= 0.6 is 0 Å². The quantitative estimate of drug-likeness (QED) is 0.771. The lowest BCUT2D eigenvalue weighted by Crippen LogP contribution is -1.98. The summed E-state index contributed by atoms with van der Waals surface area (Å²) in [6, 6.07) is 10.8. The third kappa shape index (κ3) is 2.19. The van der Waals surface area contributed by atoms with Gasteiger partial charge in [0.25, 0.3) is 0 Å².